The minimum atomic E-state index is 0.264. The van der Waals surface area contributed by atoms with E-state index in [0.29, 0.717) is 12.4 Å². The number of nitrogens with zero attached hydrogens (tertiary/aromatic N) is 2. The van der Waals surface area contributed by atoms with Gasteiger partial charge in [0.2, 0.25) is 6.79 Å². The minimum absolute atomic E-state index is 0.264. The second-order valence-electron chi connectivity index (χ2n) is 5.32. The summed E-state index contributed by atoms with van der Waals surface area (Å²) >= 11 is 0. The maximum atomic E-state index is 5.38. The molecule has 0 amide bonds. The van der Waals surface area contributed by atoms with Crippen LogP contribution in [0, 0.1) is 0 Å². The Bertz CT molecular complexity index is 839. The van der Waals surface area contributed by atoms with Gasteiger partial charge in [-0.1, -0.05) is 30.3 Å². The fourth-order valence-electron chi connectivity index (χ4n) is 2.43. The first-order valence-electron chi connectivity index (χ1n) is 7.63. The lowest BCUT2D eigenvalue weighted by atomic mass is 10.2. The molecule has 24 heavy (non-hydrogen) atoms. The lowest BCUT2D eigenvalue weighted by Gasteiger charge is -2.09. The molecular formula is C18H16N4O2. The summed E-state index contributed by atoms with van der Waals surface area (Å²) < 4.78 is 10.7. The molecule has 1 aromatic heterocycles. The number of benzene rings is 2. The normalized spacial score (nSPS) is 12.0. The van der Waals surface area contributed by atoms with Crippen LogP contribution in [0.4, 0.5) is 17.3 Å². The van der Waals surface area contributed by atoms with Crippen molar-refractivity contribution in [2.24, 2.45) is 0 Å². The highest BCUT2D eigenvalue weighted by Gasteiger charge is 2.13. The third-order valence-electron chi connectivity index (χ3n) is 3.63. The fourth-order valence-corrected chi connectivity index (χ4v) is 2.43. The lowest BCUT2D eigenvalue weighted by molar-refractivity contribution is 0.174. The zero-order valence-corrected chi connectivity index (χ0v) is 12.9. The highest BCUT2D eigenvalue weighted by atomic mass is 16.7. The molecule has 2 aromatic carbocycles. The molecule has 0 unspecified atom stereocenters. The van der Waals surface area contributed by atoms with Crippen molar-refractivity contribution in [1.82, 2.24) is 9.97 Å². The third kappa shape index (κ3) is 3.22. The molecule has 0 radical (unpaired) electrons. The summed E-state index contributed by atoms with van der Waals surface area (Å²) in [6, 6.07) is 17.7. The van der Waals surface area contributed by atoms with Crippen LogP contribution in [-0.2, 0) is 6.54 Å². The van der Waals surface area contributed by atoms with Gasteiger partial charge in [-0.2, -0.15) is 0 Å². The van der Waals surface area contributed by atoms with Crippen LogP contribution in [0.25, 0.3) is 0 Å². The van der Waals surface area contributed by atoms with Gasteiger partial charge in [0.25, 0.3) is 0 Å². The smallest absolute Gasteiger partial charge is 0.231 e. The quantitative estimate of drug-likeness (QED) is 0.749. The van der Waals surface area contributed by atoms with Crippen molar-refractivity contribution >= 4 is 17.3 Å². The van der Waals surface area contributed by atoms with Crippen molar-refractivity contribution < 1.29 is 9.47 Å². The van der Waals surface area contributed by atoms with E-state index in [4.69, 9.17) is 9.47 Å². The Morgan fingerprint density at radius 2 is 1.71 bits per heavy atom. The van der Waals surface area contributed by atoms with Crippen LogP contribution in [0.1, 0.15) is 5.56 Å². The van der Waals surface area contributed by atoms with Crippen LogP contribution in [0.5, 0.6) is 11.5 Å². The average molecular weight is 320 g/mol. The number of hydrogen-bond acceptors (Lipinski definition) is 6. The van der Waals surface area contributed by atoms with E-state index in [9.17, 15) is 0 Å². The second kappa shape index (κ2) is 6.45. The maximum absolute atomic E-state index is 5.38. The monoisotopic (exact) mass is 320 g/mol. The number of aromatic nitrogens is 2. The van der Waals surface area contributed by atoms with Crippen molar-refractivity contribution in [1.29, 1.82) is 0 Å². The van der Waals surface area contributed by atoms with Crippen molar-refractivity contribution in [3.63, 3.8) is 0 Å². The first kappa shape index (κ1) is 14.3. The first-order chi connectivity index (χ1) is 11.9. The molecule has 0 bridgehead atoms. The number of anilines is 3. The van der Waals surface area contributed by atoms with Crippen LogP contribution in [0.15, 0.2) is 60.9 Å². The van der Waals surface area contributed by atoms with Gasteiger partial charge in [-0.3, -0.25) is 0 Å². The molecule has 1 aliphatic heterocycles. The summed E-state index contributed by atoms with van der Waals surface area (Å²) in [7, 11) is 0. The van der Waals surface area contributed by atoms with E-state index < -0.39 is 0 Å². The van der Waals surface area contributed by atoms with E-state index in [1.807, 2.05) is 42.5 Å². The Morgan fingerprint density at radius 3 is 2.62 bits per heavy atom. The zero-order chi connectivity index (χ0) is 16.2. The van der Waals surface area contributed by atoms with Crippen LogP contribution < -0.4 is 20.1 Å². The van der Waals surface area contributed by atoms with E-state index in [1.54, 1.807) is 0 Å². The van der Waals surface area contributed by atoms with Gasteiger partial charge in [0.15, 0.2) is 11.5 Å². The molecule has 0 spiro atoms. The molecule has 120 valence electrons. The first-order valence-corrected chi connectivity index (χ1v) is 7.63. The highest BCUT2D eigenvalue weighted by Crippen LogP contribution is 2.34. The predicted octanol–water partition coefficient (Wildman–Crippen LogP) is 3.56. The molecule has 1 aliphatic rings. The molecule has 4 rings (SSSR count). The predicted molar refractivity (Wildman–Crippen MR) is 91.6 cm³/mol. The molecule has 0 saturated carbocycles. The van der Waals surface area contributed by atoms with Gasteiger partial charge >= 0.3 is 0 Å². The van der Waals surface area contributed by atoms with Crippen LogP contribution >= 0.6 is 0 Å². The fraction of sp³-hybridized carbons (Fsp3) is 0.111. The molecule has 0 aliphatic carbocycles. The summed E-state index contributed by atoms with van der Waals surface area (Å²) in [6.07, 6.45) is 1.53. The largest absolute Gasteiger partial charge is 0.454 e. The lowest BCUT2D eigenvalue weighted by Crippen LogP contribution is -2.03. The highest BCUT2D eigenvalue weighted by molar-refractivity contribution is 5.63. The number of hydrogen-bond donors (Lipinski definition) is 2. The molecular weight excluding hydrogens is 304 g/mol. The Kier molecular flexibility index (Phi) is 3.85. The molecule has 6 nitrogen and oxygen atoms in total. The maximum Gasteiger partial charge on any atom is 0.231 e. The minimum Gasteiger partial charge on any atom is -0.454 e. The molecule has 2 heterocycles. The summed E-state index contributed by atoms with van der Waals surface area (Å²) in [6.45, 7) is 0.973. The molecule has 2 N–H and O–H groups in total. The van der Waals surface area contributed by atoms with Crippen LogP contribution in [-0.4, -0.2) is 16.8 Å². The summed E-state index contributed by atoms with van der Waals surface area (Å²) in [4.78, 5) is 8.50. The Hall–Kier alpha value is -3.28. The summed E-state index contributed by atoms with van der Waals surface area (Å²) in [5.74, 6) is 2.96. The standard InChI is InChI=1S/C18H16N4O2/c1-2-4-13(5-3-1)10-19-17-9-18(21-11-20-17)22-14-6-7-15-16(8-14)24-12-23-15/h1-9,11H,10,12H2,(H2,19,20,21,22). The van der Waals surface area contributed by atoms with Crippen molar-refractivity contribution in [2.45, 2.75) is 6.54 Å². The number of nitrogens with one attached hydrogen (secondary N) is 2. The van der Waals surface area contributed by atoms with Crippen molar-refractivity contribution in [2.75, 3.05) is 17.4 Å². The number of ether oxygens (including phenoxy) is 2. The molecule has 3 aromatic rings. The molecule has 0 atom stereocenters. The van der Waals surface area contributed by atoms with Gasteiger partial charge in [0.1, 0.15) is 18.0 Å². The van der Waals surface area contributed by atoms with E-state index in [2.05, 4.69) is 32.7 Å². The van der Waals surface area contributed by atoms with Gasteiger partial charge in [-0.15, -0.1) is 0 Å². The number of rotatable bonds is 5. The molecule has 6 heteroatoms. The Morgan fingerprint density at radius 1 is 0.875 bits per heavy atom. The van der Waals surface area contributed by atoms with Crippen LogP contribution in [0.3, 0.4) is 0 Å². The van der Waals surface area contributed by atoms with Gasteiger partial charge in [-0.25, -0.2) is 9.97 Å². The Balaban J connectivity index is 1.44. The molecule has 0 saturated heterocycles. The van der Waals surface area contributed by atoms with E-state index >= 15 is 0 Å². The average Bonchev–Trinajstić information content (AvgIpc) is 3.09. The van der Waals surface area contributed by atoms with E-state index in [-0.39, 0.29) is 6.79 Å². The van der Waals surface area contributed by atoms with Crippen molar-refractivity contribution in [3.05, 3.63) is 66.5 Å². The summed E-state index contributed by atoms with van der Waals surface area (Å²) in [5, 5.41) is 6.54. The second-order valence-corrected chi connectivity index (χ2v) is 5.32. The SMILES string of the molecule is c1ccc(CNc2cc(Nc3ccc4c(c3)OCO4)ncn2)cc1. The molecule has 0 fully saturated rings. The van der Waals surface area contributed by atoms with Gasteiger partial charge < -0.3 is 20.1 Å². The van der Waals surface area contributed by atoms with Gasteiger partial charge in [0.05, 0.1) is 0 Å². The summed E-state index contributed by atoms with van der Waals surface area (Å²) in [5.41, 5.74) is 2.08. The van der Waals surface area contributed by atoms with E-state index in [1.165, 1.54) is 11.9 Å². The van der Waals surface area contributed by atoms with Crippen LogP contribution in [0.2, 0.25) is 0 Å². The third-order valence-corrected chi connectivity index (χ3v) is 3.63. The van der Waals surface area contributed by atoms with E-state index in [0.717, 1.165) is 23.0 Å². The zero-order valence-electron chi connectivity index (χ0n) is 12.9. The van der Waals surface area contributed by atoms with Crippen molar-refractivity contribution in [3.8, 4) is 11.5 Å². The Labute approximate surface area is 139 Å². The number of fused-ring (bicyclic) bond motifs is 1. The topological polar surface area (TPSA) is 68.3 Å². The van der Waals surface area contributed by atoms with Gasteiger partial charge in [0, 0.05) is 24.4 Å². The van der Waals surface area contributed by atoms with Gasteiger partial charge in [-0.05, 0) is 17.7 Å².